The summed E-state index contributed by atoms with van der Waals surface area (Å²) in [6, 6.07) is 0.633. The second kappa shape index (κ2) is 6.57. The lowest BCUT2D eigenvalue weighted by Gasteiger charge is -2.33. The molecule has 0 bridgehead atoms. The van der Waals surface area contributed by atoms with Crippen molar-refractivity contribution in [1.82, 2.24) is 25.6 Å². The van der Waals surface area contributed by atoms with Crippen molar-refractivity contribution in [2.75, 3.05) is 13.6 Å². The van der Waals surface area contributed by atoms with Crippen LogP contribution in [0.1, 0.15) is 70.7 Å². The molecule has 0 spiro atoms. The first-order valence-electron chi connectivity index (χ1n) is 8.57. The Morgan fingerprint density at radius 1 is 1.26 bits per heavy atom. The Morgan fingerprint density at radius 2 is 2.00 bits per heavy atom. The smallest absolute Gasteiger partial charge is 0.234 e. The van der Waals surface area contributed by atoms with Crippen molar-refractivity contribution >= 4 is 5.71 Å². The Morgan fingerprint density at radius 3 is 2.70 bits per heavy atom. The second-order valence-corrected chi connectivity index (χ2v) is 7.07. The lowest BCUT2D eigenvalue weighted by molar-refractivity contribution is 0.0675. The molecule has 0 aromatic carbocycles. The molecule has 3 rings (SSSR count). The molecule has 2 heterocycles. The van der Waals surface area contributed by atoms with E-state index in [2.05, 4.69) is 53.4 Å². The highest BCUT2D eigenvalue weighted by atomic mass is 16.4. The van der Waals surface area contributed by atoms with Crippen molar-refractivity contribution in [3.63, 3.8) is 0 Å². The Kier molecular flexibility index (Phi) is 4.68. The fourth-order valence-corrected chi connectivity index (χ4v) is 2.95. The molecule has 7 heteroatoms. The van der Waals surface area contributed by atoms with E-state index in [4.69, 9.17) is 4.42 Å². The Hall–Kier alpha value is -1.47. The lowest BCUT2D eigenvalue weighted by Crippen LogP contribution is -2.49. The fourth-order valence-electron chi connectivity index (χ4n) is 2.95. The highest BCUT2D eigenvalue weighted by Crippen LogP contribution is 2.39. The van der Waals surface area contributed by atoms with E-state index < -0.39 is 0 Å². The molecule has 1 aromatic heterocycles. The molecule has 3 atom stereocenters. The number of hydrazine groups is 1. The minimum Gasteiger partial charge on any atom is -0.423 e. The maximum atomic E-state index is 5.90. The van der Waals surface area contributed by atoms with E-state index in [1.165, 1.54) is 12.8 Å². The fraction of sp³-hybridized carbons (Fsp3) is 0.812. The number of likely N-dealkylation sites (N-methyl/N-ethyl adjacent to an activating group) is 1. The standard InChI is InChI=1S/C16H28N6O/c1-10-8-11(2)20-22(9-12(3)21(5)19-10)13(4)15-17-18-16(23-15)14-6-7-14/h11-14,20H,6-9H2,1-5H3/b19-10+/t11-,12-,13?/m1/s1. The largest absolute Gasteiger partial charge is 0.423 e. The summed E-state index contributed by atoms with van der Waals surface area (Å²) in [6.07, 6.45) is 3.26. The average molecular weight is 320 g/mol. The van der Waals surface area contributed by atoms with Crippen LogP contribution in [0.4, 0.5) is 0 Å². The van der Waals surface area contributed by atoms with Crippen LogP contribution in [0, 0.1) is 0 Å². The van der Waals surface area contributed by atoms with Crippen LogP contribution in [0.5, 0.6) is 0 Å². The summed E-state index contributed by atoms with van der Waals surface area (Å²) < 4.78 is 5.90. The van der Waals surface area contributed by atoms with Crippen molar-refractivity contribution in [2.24, 2.45) is 5.10 Å². The van der Waals surface area contributed by atoms with E-state index in [0.29, 0.717) is 17.9 Å². The summed E-state index contributed by atoms with van der Waals surface area (Å²) in [7, 11) is 2.03. The van der Waals surface area contributed by atoms with E-state index in [9.17, 15) is 0 Å². The molecule has 0 radical (unpaired) electrons. The molecule has 1 aliphatic heterocycles. The minimum atomic E-state index is 0.0340. The number of rotatable bonds is 3. The molecule has 0 amide bonds. The van der Waals surface area contributed by atoms with Crippen molar-refractivity contribution < 1.29 is 4.42 Å². The monoisotopic (exact) mass is 320 g/mol. The number of nitrogens with zero attached hydrogens (tertiary/aromatic N) is 5. The molecule has 1 saturated carbocycles. The average Bonchev–Trinajstić information content (AvgIpc) is 3.21. The lowest BCUT2D eigenvalue weighted by atomic mass is 10.2. The van der Waals surface area contributed by atoms with Gasteiger partial charge < -0.3 is 4.42 Å². The quantitative estimate of drug-likeness (QED) is 0.921. The molecular formula is C16H28N6O. The van der Waals surface area contributed by atoms with Gasteiger partial charge in [-0.3, -0.25) is 10.4 Å². The molecular weight excluding hydrogens is 292 g/mol. The number of hydrogen-bond donors (Lipinski definition) is 1. The number of nitrogens with one attached hydrogen (secondary N) is 1. The maximum Gasteiger partial charge on any atom is 0.234 e. The minimum absolute atomic E-state index is 0.0340. The first-order valence-corrected chi connectivity index (χ1v) is 8.57. The third kappa shape index (κ3) is 3.90. The van der Waals surface area contributed by atoms with Gasteiger partial charge in [-0.1, -0.05) is 0 Å². The van der Waals surface area contributed by atoms with E-state index in [0.717, 1.165) is 24.6 Å². The van der Waals surface area contributed by atoms with Gasteiger partial charge in [-0.2, -0.15) is 5.10 Å². The number of hydrogen-bond acceptors (Lipinski definition) is 7. The van der Waals surface area contributed by atoms with Gasteiger partial charge in [0.05, 0.1) is 12.1 Å². The van der Waals surface area contributed by atoms with Gasteiger partial charge in [0, 0.05) is 37.7 Å². The van der Waals surface area contributed by atoms with Gasteiger partial charge in [0.25, 0.3) is 0 Å². The van der Waals surface area contributed by atoms with Crippen LogP contribution in [0.2, 0.25) is 0 Å². The van der Waals surface area contributed by atoms with Crippen LogP contribution >= 0.6 is 0 Å². The number of aromatic nitrogens is 2. The molecule has 1 aliphatic carbocycles. The SMILES string of the molecule is C/C1=N\N(C)[C@H](C)CN(C(C)c2nnc(C3CC3)o2)N[C@H](C)C1. The third-order valence-electron chi connectivity index (χ3n) is 4.62. The Bertz CT molecular complexity index is 567. The zero-order valence-electron chi connectivity index (χ0n) is 14.8. The molecule has 1 N–H and O–H groups in total. The van der Waals surface area contributed by atoms with Crippen molar-refractivity contribution in [2.45, 2.75) is 71.0 Å². The summed E-state index contributed by atoms with van der Waals surface area (Å²) in [4.78, 5) is 0. The van der Waals surface area contributed by atoms with E-state index in [-0.39, 0.29) is 12.1 Å². The summed E-state index contributed by atoms with van der Waals surface area (Å²) in [6.45, 7) is 9.39. The zero-order valence-corrected chi connectivity index (χ0v) is 14.8. The molecule has 23 heavy (non-hydrogen) atoms. The topological polar surface area (TPSA) is 69.8 Å². The summed E-state index contributed by atoms with van der Waals surface area (Å²) in [5.41, 5.74) is 4.73. The van der Waals surface area contributed by atoms with E-state index in [1.54, 1.807) is 0 Å². The first-order chi connectivity index (χ1) is 10.9. The predicted octanol–water partition coefficient (Wildman–Crippen LogP) is 2.30. The summed E-state index contributed by atoms with van der Waals surface area (Å²) in [5, 5.41) is 17.4. The zero-order chi connectivity index (χ0) is 16.6. The molecule has 1 unspecified atom stereocenters. The van der Waals surface area contributed by atoms with Crippen LogP contribution in [0.3, 0.4) is 0 Å². The summed E-state index contributed by atoms with van der Waals surface area (Å²) >= 11 is 0. The van der Waals surface area contributed by atoms with E-state index in [1.807, 2.05) is 12.1 Å². The third-order valence-corrected chi connectivity index (χ3v) is 4.62. The molecule has 1 fully saturated rings. The van der Waals surface area contributed by atoms with E-state index >= 15 is 0 Å². The normalized spacial score (nSPS) is 31.0. The molecule has 2 aliphatic rings. The van der Waals surface area contributed by atoms with Gasteiger partial charge in [0.15, 0.2) is 0 Å². The van der Waals surface area contributed by atoms with Crippen LogP contribution in [-0.2, 0) is 0 Å². The van der Waals surface area contributed by atoms with Crippen LogP contribution in [-0.4, -0.2) is 51.6 Å². The predicted molar refractivity (Wildman–Crippen MR) is 88.9 cm³/mol. The molecule has 0 saturated heterocycles. The van der Waals surface area contributed by atoms with Crippen molar-refractivity contribution in [3.05, 3.63) is 11.8 Å². The van der Waals surface area contributed by atoms with Crippen molar-refractivity contribution in [1.29, 1.82) is 0 Å². The van der Waals surface area contributed by atoms with Gasteiger partial charge >= 0.3 is 0 Å². The molecule has 1 aromatic rings. The summed E-state index contributed by atoms with van der Waals surface area (Å²) in [5.74, 6) is 1.99. The number of hydrazone groups is 1. The Labute approximate surface area is 138 Å². The van der Waals surface area contributed by atoms with Gasteiger partial charge in [0.2, 0.25) is 11.8 Å². The van der Waals surface area contributed by atoms with Gasteiger partial charge in [-0.15, -0.1) is 10.2 Å². The Balaban J connectivity index is 1.75. The van der Waals surface area contributed by atoms with Crippen molar-refractivity contribution in [3.8, 4) is 0 Å². The van der Waals surface area contributed by atoms with Gasteiger partial charge in [-0.05, 0) is 40.5 Å². The maximum absolute atomic E-state index is 5.90. The molecule has 7 nitrogen and oxygen atoms in total. The first kappa shape index (κ1) is 16.4. The van der Waals surface area contributed by atoms with Gasteiger partial charge in [0.1, 0.15) is 0 Å². The second-order valence-electron chi connectivity index (χ2n) is 7.07. The highest BCUT2D eigenvalue weighted by molar-refractivity contribution is 5.82. The van der Waals surface area contributed by atoms with Crippen LogP contribution in [0.15, 0.2) is 9.52 Å². The van der Waals surface area contributed by atoms with Gasteiger partial charge in [-0.25, -0.2) is 5.01 Å². The molecule has 128 valence electrons. The van der Waals surface area contributed by atoms with Crippen LogP contribution in [0.25, 0.3) is 0 Å². The van der Waals surface area contributed by atoms with Crippen LogP contribution < -0.4 is 5.43 Å². The highest BCUT2D eigenvalue weighted by Gasteiger charge is 2.32.